The van der Waals surface area contributed by atoms with E-state index in [4.69, 9.17) is 5.73 Å². The third-order valence-corrected chi connectivity index (χ3v) is 1.86. The molecule has 0 spiro atoms. The molecule has 0 saturated carbocycles. The van der Waals surface area contributed by atoms with Crippen LogP contribution in [-0.2, 0) is 0 Å². The highest BCUT2D eigenvalue weighted by molar-refractivity contribution is 7.13. The van der Waals surface area contributed by atoms with Crippen LogP contribution in [-0.4, -0.2) is 14.3 Å². The monoisotopic (exact) mass is 140 g/mol. The van der Waals surface area contributed by atoms with Crippen molar-refractivity contribution in [1.82, 2.24) is 14.3 Å². The van der Waals surface area contributed by atoms with Crippen molar-refractivity contribution >= 4 is 27.7 Å². The van der Waals surface area contributed by atoms with Crippen LogP contribution in [0.15, 0.2) is 6.33 Å². The van der Waals surface area contributed by atoms with Crippen LogP contribution in [0.3, 0.4) is 0 Å². The molecule has 0 bridgehead atoms. The lowest BCUT2D eigenvalue weighted by Gasteiger charge is -1.75. The Balaban J connectivity index is 2.99. The van der Waals surface area contributed by atoms with Gasteiger partial charge in [-0.1, -0.05) is 0 Å². The number of hydrogen-bond donors (Lipinski definition) is 2. The van der Waals surface area contributed by atoms with Gasteiger partial charge in [0, 0.05) is 0 Å². The minimum atomic E-state index is 0.535. The summed E-state index contributed by atoms with van der Waals surface area (Å²) in [4.78, 5) is 7.71. The second kappa shape index (κ2) is 1.44. The number of aromatic amines is 1. The number of aromatic nitrogens is 3. The number of anilines is 1. The Bertz CT molecular complexity index is 322. The molecule has 0 aromatic carbocycles. The topological polar surface area (TPSA) is 67.6 Å². The highest BCUT2D eigenvalue weighted by Crippen LogP contribution is 2.18. The quantitative estimate of drug-likeness (QED) is 0.563. The lowest BCUT2D eigenvalue weighted by Crippen LogP contribution is -1.82. The summed E-state index contributed by atoms with van der Waals surface area (Å²) in [6.07, 6.45) is 1.61. The van der Waals surface area contributed by atoms with E-state index in [0.29, 0.717) is 5.82 Å². The maximum absolute atomic E-state index is 5.45. The van der Waals surface area contributed by atoms with Crippen molar-refractivity contribution < 1.29 is 0 Å². The minimum Gasteiger partial charge on any atom is -0.381 e. The van der Waals surface area contributed by atoms with E-state index < -0.39 is 0 Å². The fourth-order valence-electron chi connectivity index (χ4n) is 0.673. The molecule has 5 heteroatoms. The molecule has 0 fully saturated rings. The predicted octanol–water partition coefficient (Wildman–Crippen LogP) is 0.602. The summed E-state index contributed by atoms with van der Waals surface area (Å²) in [6, 6.07) is 0. The fraction of sp³-hybridized carbons (Fsp3) is 0. The highest BCUT2D eigenvalue weighted by Gasteiger charge is 2.01. The zero-order valence-electron chi connectivity index (χ0n) is 4.46. The van der Waals surface area contributed by atoms with Gasteiger partial charge in [0.05, 0.1) is 6.33 Å². The molecule has 0 atom stereocenters. The second-order valence-electron chi connectivity index (χ2n) is 1.65. The molecule has 2 aromatic rings. The fourth-order valence-corrected chi connectivity index (χ4v) is 1.30. The van der Waals surface area contributed by atoms with Crippen molar-refractivity contribution in [2.45, 2.75) is 0 Å². The number of imidazole rings is 1. The molecule has 4 nitrogen and oxygen atoms in total. The first-order valence-electron chi connectivity index (χ1n) is 2.42. The van der Waals surface area contributed by atoms with Gasteiger partial charge in [-0.15, -0.1) is 0 Å². The van der Waals surface area contributed by atoms with Crippen LogP contribution in [0, 0.1) is 0 Å². The molecule has 0 aliphatic heterocycles. The summed E-state index contributed by atoms with van der Waals surface area (Å²) in [5.74, 6) is 0.535. The Morgan fingerprint density at radius 3 is 3.33 bits per heavy atom. The Morgan fingerprint density at radius 1 is 1.67 bits per heavy atom. The Morgan fingerprint density at radius 2 is 2.56 bits per heavy atom. The standard InChI is InChI=1S/C4H4N4S/c5-3-2-4(9-8-3)7-1-6-2/h1H,(H2,5,8)(H,6,7). The number of nitrogens with two attached hydrogens (primary N) is 1. The van der Waals surface area contributed by atoms with Crippen molar-refractivity contribution in [1.29, 1.82) is 0 Å². The Hall–Kier alpha value is -1.10. The van der Waals surface area contributed by atoms with E-state index in [9.17, 15) is 0 Å². The molecule has 46 valence electrons. The molecule has 3 N–H and O–H groups in total. The second-order valence-corrected chi connectivity index (χ2v) is 2.40. The Kier molecular flexibility index (Phi) is 0.762. The first kappa shape index (κ1) is 4.75. The largest absolute Gasteiger partial charge is 0.381 e. The SMILES string of the molecule is Nc1nsc2nc[nH]c12. The number of nitrogen functional groups attached to an aromatic ring is 1. The summed E-state index contributed by atoms with van der Waals surface area (Å²) < 4.78 is 3.88. The number of nitrogens with one attached hydrogen (secondary N) is 1. The van der Waals surface area contributed by atoms with Gasteiger partial charge in [-0.05, 0) is 11.5 Å². The molecule has 9 heavy (non-hydrogen) atoms. The van der Waals surface area contributed by atoms with E-state index in [0.717, 1.165) is 10.3 Å². The number of rotatable bonds is 0. The summed E-state index contributed by atoms with van der Waals surface area (Å²) in [7, 11) is 0. The molecule has 2 rings (SSSR count). The van der Waals surface area contributed by atoms with E-state index in [1.165, 1.54) is 11.5 Å². The lowest BCUT2D eigenvalue weighted by atomic mass is 10.6. The first-order chi connectivity index (χ1) is 4.38. The van der Waals surface area contributed by atoms with Gasteiger partial charge in [0.25, 0.3) is 0 Å². The Labute approximate surface area is 54.9 Å². The predicted molar refractivity (Wildman–Crippen MR) is 36.2 cm³/mol. The van der Waals surface area contributed by atoms with Gasteiger partial charge >= 0.3 is 0 Å². The summed E-state index contributed by atoms with van der Waals surface area (Å²) >= 11 is 1.30. The minimum absolute atomic E-state index is 0.535. The molecule has 0 amide bonds. The average molecular weight is 140 g/mol. The van der Waals surface area contributed by atoms with Crippen LogP contribution >= 0.6 is 11.5 Å². The van der Waals surface area contributed by atoms with Gasteiger partial charge in [-0.3, -0.25) is 0 Å². The van der Waals surface area contributed by atoms with E-state index in [1.807, 2.05) is 0 Å². The lowest BCUT2D eigenvalue weighted by molar-refractivity contribution is 1.34. The van der Waals surface area contributed by atoms with Crippen molar-refractivity contribution in [2.75, 3.05) is 5.73 Å². The molecule has 0 radical (unpaired) electrons. The molecular formula is C4H4N4S. The zero-order valence-corrected chi connectivity index (χ0v) is 5.27. The maximum atomic E-state index is 5.45. The van der Waals surface area contributed by atoms with E-state index in [-0.39, 0.29) is 0 Å². The van der Waals surface area contributed by atoms with E-state index in [1.54, 1.807) is 6.33 Å². The average Bonchev–Trinajstić information content (AvgIpc) is 2.35. The van der Waals surface area contributed by atoms with E-state index >= 15 is 0 Å². The summed E-state index contributed by atoms with van der Waals surface area (Å²) in [6.45, 7) is 0. The van der Waals surface area contributed by atoms with Crippen molar-refractivity contribution in [2.24, 2.45) is 0 Å². The third-order valence-electron chi connectivity index (χ3n) is 1.09. The van der Waals surface area contributed by atoms with Gasteiger partial charge < -0.3 is 10.7 Å². The molecule has 0 unspecified atom stereocenters. The molecular weight excluding hydrogens is 136 g/mol. The normalized spacial score (nSPS) is 10.7. The highest BCUT2D eigenvalue weighted by atomic mass is 32.1. The van der Waals surface area contributed by atoms with Crippen LogP contribution in [0.5, 0.6) is 0 Å². The van der Waals surface area contributed by atoms with Crippen LogP contribution in [0.4, 0.5) is 5.82 Å². The van der Waals surface area contributed by atoms with Crippen LogP contribution in [0.2, 0.25) is 0 Å². The zero-order chi connectivity index (χ0) is 6.27. The number of nitrogens with zero attached hydrogens (tertiary/aromatic N) is 2. The van der Waals surface area contributed by atoms with Crippen molar-refractivity contribution in [3.05, 3.63) is 6.33 Å². The number of hydrogen-bond acceptors (Lipinski definition) is 4. The maximum Gasteiger partial charge on any atom is 0.163 e. The molecule has 0 aliphatic carbocycles. The van der Waals surface area contributed by atoms with Crippen LogP contribution in [0.25, 0.3) is 10.3 Å². The van der Waals surface area contributed by atoms with Gasteiger partial charge in [0.15, 0.2) is 10.6 Å². The molecule has 2 aromatic heterocycles. The first-order valence-corrected chi connectivity index (χ1v) is 3.19. The molecule has 0 saturated heterocycles. The van der Waals surface area contributed by atoms with Crippen LogP contribution in [0.1, 0.15) is 0 Å². The van der Waals surface area contributed by atoms with Gasteiger partial charge in [0.2, 0.25) is 0 Å². The summed E-state index contributed by atoms with van der Waals surface area (Å²) in [5.41, 5.74) is 6.30. The number of H-pyrrole nitrogens is 1. The van der Waals surface area contributed by atoms with Gasteiger partial charge in [-0.2, -0.15) is 4.37 Å². The van der Waals surface area contributed by atoms with Crippen LogP contribution < -0.4 is 5.73 Å². The van der Waals surface area contributed by atoms with Crippen molar-refractivity contribution in [3.63, 3.8) is 0 Å². The smallest absolute Gasteiger partial charge is 0.163 e. The third kappa shape index (κ3) is 0.517. The van der Waals surface area contributed by atoms with Gasteiger partial charge in [0.1, 0.15) is 5.52 Å². The van der Waals surface area contributed by atoms with E-state index in [2.05, 4.69) is 14.3 Å². The molecule has 2 heterocycles. The van der Waals surface area contributed by atoms with Gasteiger partial charge in [-0.25, -0.2) is 4.98 Å². The number of fused-ring (bicyclic) bond motifs is 1. The molecule has 0 aliphatic rings. The summed E-state index contributed by atoms with van der Waals surface area (Å²) in [5, 5.41) is 0. The van der Waals surface area contributed by atoms with Crippen molar-refractivity contribution in [3.8, 4) is 0 Å².